The van der Waals surface area contributed by atoms with Crippen molar-refractivity contribution in [3.63, 3.8) is 0 Å². The average Bonchev–Trinajstić information content (AvgIpc) is 3.32. The fourth-order valence-electron chi connectivity index (χ4n) is 4.68. The number of aromatic nitrogens is 2. The minimum absolute atomic E-state index is 0.141. The normalized spacial score (nSPS) is 31.8. The Morgan fingerprint density at radius 3 is 2.58 bits per heavy atom. The molecule has 1 aliphatic carbocycles. The molecule has 0 saturated carbocycles. The predicted octanol–water partition coefficient (Wildman–Crippen LogP) is 2.62. The fraction of sp³-hybridized carbons (Fsp3) is 0.550. The molecule has 13 heteroatoms. The number of allylic oxidation sites excluding steroid dienone is 3. The second kappa shape index (κ2) is 8.38. The molecule has 1 aromatic rings. The van der Waals surface area contributed by atoms with Crippen LogP contribution in [0, 0.1) is 0 Å². The van der Waals surface area contributed by atoms with Crippen molar-refractivity contribution < 1.29 is 27.1 Å². The zero-order valence-corrected chi connectivity index (χ0v) is 19.0. The second-order valence-electron chi connectivity index (χ2n) is 8.61. The van der Waals surface area contributed by atoms with Crippen LogP contribution in [-0.4, -0.2) is 87.4 Å². The van der Waals surface area contributed by atoms with Gasteiger partial charge in [-0.2, -0.15) is 13.2 Å². The Morgan fingerprint density at radius 1 is 1.21 bits per heavy atom. The van der Waals surface area contributed by atoms with Crippen LogP contribution in [0.25, 0.3) is 0 Å². The van der Waals surface area contributed by atoms with Gasteiger partial charge < -0.3 is 14.4 Å². The topological polar surface area (TPSA) is 81.2 Å². The molecule has 0 spiro atoms. The highest BCUT2D eigenvalue weighted by molar-refractivity contribution is 9.11. The lowest BCUT2D eigenvalue weighted by molar-refractivity contribution is -0.157. The largest absolute Gasteiger partial charge is 0.470 e. The highest BCUT2D eigenvalue weighted by atomic mass is 79.9. The van der Waals surface area contributed by atoms with Gasteiger partial charge in [-0.05, 0) is 41.6 Å². The molecule has 178 valence electrons. The summed E-state index contributed by atoms with van der Waals surface area (Å²) >= 11 is 3.26. The van der Waals surface area contributed by atoms with Crippen molar-refractivity contribution in [2.75, 3.05) is 26.7 Å². The van der Waals surface area contributed by atoms with Crippen LogP contribution in [0.15, 0.2) is 43.6 Å². The molecule has 0 radical (unpaired) electrons. The molecular weight excluding hydrogens is 512 g/mol. The first-order chi connectivity index (χ1) is 15.6. The van der Waals surface area contributed by atoms with Crippen LogP contribution in [0.1, 0.15) is 24.1 Å². The van der Waals surface area contributed by atoms with Crippen LogP contribution < -0.4 is 0 Å². The van der Waals surface area contributed by atoms with Crippen molar-refractivity contribution in [2.24, 2.45) is 4.99 Å². The van der Waals surface area contributed by atoms with E-state index in [1.807, 2.05) is 11.9 Å². The number of nitrogens with zero attached hydrogens (tertiary/aromatic N) is 6. The number of fused-ring (bicyclic) bond motifs is 1. The molecule has 4 atom stereocenters. The number of hydrogen-bond donors (Lipinski definition) is 1. The van der Waals surface area contributed by atoms with Gasteiger partial charge in [0.25, 0.3) is 0 Å². The fourth-order valence-corrected chi connectivity index (χ4v) is 5.08. The van der Waals surface area contributed by atoms with Crippen molar-refractivity contribution >= 4 is 22.1 Å². The summed E-state index contributed by atoms with van der Waals surface area (Å²) in [6.45, 7) is 1.86. The highest BCUT2D eigenvalue weighted by Gasteiger charge is 2.51. The summed E-state index contributed by atoms with van der Waals surface area (Å²) in [6, 6.07) is -0.443. The number of aliphatic hydroxyl groups is 1. The van der Waals surface area contributed by atoms with Gasteiger partial charge in [0.2, 0.25) is 5.89 Å². The summed E-state index contributed by atoms with van der Waals surface area (Å²) in [5, 5.41) is 17.7. The van der Waals surface area contributed by atoms with Crippen molar-refractivity contribution in [1.29, 1.82) is 0 Å². The smallest absolute Gasteiger partial charge is 0.417 e. The minimum atomic E-state index is -4.70. The van der Waals surface area contributed by atoms with E-state index in [1.165, 1.54) is 12.3 Å². The van der Waals surface area contributed by atoms with Crippen molar-refractivity contribution in [3.05, 3.63) is 46.0 Å². The van der Waals surface area contributed by atoms with E-state index >= 15 is 0 Å². The van der Waals surface area contributed by atoms with Crippen LogP contribution in [-0.2, 0) is 6.18 Å². The zero-order valence-electron chi connectivity index (χ0n) is 17.5. The highest BCUT2D eigenvalue weighted by Crippen LogP contribution is 2.39. The van der Waals surface area contributed by atoms with Gasteiger partial charge in [-0.25, -0.2) is 4.39 Å². The molecular formula is C20H21BrF4N6O2. The van der Waals surface area contributed by atoms with Gasteiger partial charge in [0.15, 0.2) is 6.35 Å². The van der Waals surface area contributed by atoms with Crippen LogP contribution in [0.3, 0.4) is 0 Å². The van der Waals surface area contributed by atoms with Gasteiger partial charge >= 0.3 is 12.1 Å². The Kier molecular flexibility index (Phi) is 5.80. The maximum atomic E-state index is 14.4. The number of aliphatic hydroxyl groups excluding tert-OH is 1. The second-order valence-corrected chi connectivity index (χ2v) is 9.46. The molecule has 4 aliphatic rings. The first-order valence-corrected chi connectivity index (χ1v) is 11.2. The molecule has 0 amide bonds. The third kappa shape index (κ3) is 4.20. The lowest BCUT2D eigenvalue weighted by Gasteiger charge is -2.45. The summed E-state index contributed by atoms with van der Waals surface area (Å²) < 4.78 is 57.6. The molecule has 5 rings (SSSR count). The lowest BCUT2D eigenvalue weighted by atomic mass is 9.98. The molecule has 4 unspecified atom stereocenters. The lowest BCUT2D eigenvalue weighted by Crippen LogP contribution is -2.61. The van der Waals surface area contributed by atoms with Crippen LogP contribution in [0.2, 0.25) is 0 Å². The molecule has 33 heavy (non-hydrogen) atoms. The molecule has 1 aromatic heterocycles. The number of likely N-dealkylation sites (N-methyl/N-ethyl adjacent to an activating group) is 1. The number of halogens is 5. The summed E-state index contributed by atoms with van der Waals surface area (Å²) in [6.07, 6.45) is 1.19. The standard InChI is InChI=1S/C20H21BrF4N6O2/c1-29-8-12(9-29)31-16-4-13(21)14(22)5-15(16)30(19(31)32)7-11-3-2-10(6-26-11)17-27-28-18(33-17)20(23,24)25/h3-6,10,12,15-16,19,32H,2,7-9H2,1H3. The van der Waals surface area contributed by atoms with E-state index in [0.29, 0.717) is 16.6 Å². The molecule has 0 bridgehead atoms. The quantitative estimate of drug-likeness (QED) is 0.597. The SMILES string of the molecule is CN1CC(N2C3C=C(Br)C(F)=CC3N(CC3=CCC(c4nnc(C(F)(F)F)o4)C=N3)C2O)C1. The van der Waals surface area contributed by atoms with Crippen LogP contribution in [0.4, 0.5) is 17.6 Å². The van der Waals surface area contributed by atoms with Crippen molar-refractivity contribution in [3.8, 4) is 0 Å². The first-order valence-electron chi connectivity index (χ1n) is 10.4. The first kappa shape index (κ1) is 22.8. The maximum Gasteiger partial charge on any atom is 0.470 e. The summed E-state index contributed by atoms with van der Waals surface area (Å²) in [7, 11) is 2.00. The van der Waals surface area contributed by atoms with Gasteiger partial charge in [-0.15, -0.1) is 10.2 Å². The van der Waals surface area contributed by atoms with Crippen LogP contribution in [0.5, 0.6) is 0 Å². The third-order valence-electron chi connectivity index (χ3n) is 6.34. The molecule has 8 nitrogen and oxygen atoms in total. The number of likely N-dealkylation sites (tertiary alicyclic amines) is 1. The predicted molar refractivity (Wildman–Crippen MR) is 113 cm³/mol. The van der Waals surface area contributed by atoms with Gasteiger partial charge in [0.05, 0.1) is 28.2 Å². The van der Waals surface area contributed by atoms with E-state index < -0.39 is 24.3 Å². The Hall–Kier alpha value is -1.93. The van der Waals surface area contributed by atoms with Crippen LogP contribution >= 0.6 is 15.9 Å². The molecule has 2 saturated heterocycles. The van der Waals surface area contributed by atoms with Gasteiger partial charge in [-0.1, -0.05) is 6.08 Å². The van der Waals surface area contributed by atoms with Gasteiger partial charge in [0.1, 0.15) is 5.83 Å². The summed E-state index contributed by atoms with van der Waals surface area (Å²) in [4.78, 5) is 10.3. The van der Waals surface area contributed by atoms with E-state index in [9.17, 15) is 22.7 Å². The Labute approximate surface area is 195 Å². The van der Waals surface area contributed by atoms with E-state index in [4.69, 9.17) is 4.42 Å². The average molecular weight is 533 g/mol. The third-order valence-corrected chi connectivity index (χ3v) is 6.98. The number of aliphatic imine (C=N–C) groups is 1. The molecule has 4 heterocycles. The maximum absolute atomic E-state index is 14.4. The van der Waals surface area contributed by atoms with Crippen molar-refractivity contribution in [1.82, 2.24) is 24.9 Å². The monoisotopic (exact) mass is 532 g/mol. The number of rotatable bonds is 4. The Balaban J connectivity index is 1.31. The molecule has 2 fully saturated rings. The van der Waals surface area contributed by atoms with Gasteiger partial charge in [-0.3, -0.25) is 14.8 Å². The Morgan fingerprint density at radius 2 is 1.97 bits per heavy atom. The number of hydrogen-bond acceptors (Lipinski definition) is 8. The molecule has 0 aromatic carbocycles. The van der Waals surface area contributed by atoms with E-state index in [2.05, 4.69) is 36.0 Å². The van der Waals surface area contributed by atoms with E-state index in [0.717, 1.165) is 13.1 Å². The molecule has 1 N–H and O–H groups in total. The minimum Gasteiger partial charge on any atom is -0.417 e. The Bertz CT molecular complexity index is 1050. The zero-order chi connectivity index (χ0) is 23.5. The van der Waals surface area contributed by atoms with Gasteiger partial charge in [0, 0.05) is 31.9 Å². The summed E-state index contributed by atoms with van der Waals surface area (Å²) in [5.74, 6) is -2.50. The number of alkyl halides is 3. The van der Waals surface area contributed by atoms with E-state index in [1.54, 1.807) is 17.1 Å². The van der Waals surface area contributed by atoms with E-state index in [-0.39, 0.29) is 36.4 Å². The summed E-state index contributed by atoms with van der Waals surface area (Å²) in [5.41, 5.74) is 0.620. The van der Waals surface area contributed by atoms with Crippen molar-refractivity contribution in [2.45, 2.75) is 43.0 Å². The molecule has 3 aliphatic heterocycles.